The maximum atomic E-state index is 5.49. The van der Waals surface area contributed by atoms with E-state index in [0.29, 0.717) is 0 Å². The van der Waals surface area contributed by atoms with Crippen LogP contribution < -0.4 is 4.90 Å². The Kier molecular flexibility index (Phi) is 2.84. The van der Waals surface area contributed by atoms with E-state index in [1.807, 2.05) is 18.2 Å². The molecule has 0 bridgehead atoms. The average Bonchev–Trinajstić information content (AvgIpc) is 2.94. The van der Waals surface area contributed by atoms with E-state index < -0.39 is 0 Å². The molecule has 2 heterocycles. The molecule has 88 valence electrons. The second-order valence-corrected chi connectivity index (χ2v) is 4.09. The molecule has 1 aromatic heterocycles. The number of para-hydroxylation sites is 1. The fourth-order valence-corrected chi connectivity index (χ4v) is 2.19. The maximum absolute atomic E-state index is 5.49. The van der Waals surface area contributed by atoms with Crippen molar-refractivity contribution in [2.24, 2.45) is 0 Å². The Labute approximate surface area is 101 Å². The lowest BCUT2D eigenvalue weighted by atomic mass is 10.1. The van der Waals surface area contributed by atoms with E-state index in [0.717, 1.165) is 37.6 Å². The molecule has 0 N–H and O–H groups in total. The third-order valence-corrected chi connectivity index (χ3v) is 3.04. The molecule has 1 aliphatic rings. The standard InChI is InChI=1S/C14H15NO2/c1-2-5-13(15-7-10-16-11-8-15)12(4-1)14-6-3-9-17-14/h1-6,9H,7-8,10-11H2. The zero-order chi connectivity index (χ0) is 11.5. The van der Waals surface area contributed by atoms with E-state index in [9.17, 15) is 0 Å². The van der Waals surface area contributed by atoms with Gasteiger partial charge < -0.3 is 14.1 Å². The lowest BCUT2D eigenvalue weighted by molar-refractivity contribution is 0.122. The van der Waals surface area contributed by atoms with Gasteiger partial charge in [-0.2, -0.15) is 0 Å². The van der Waals surface area contributed by atoms with Gasteiger partial charge in [0.05, 0.1) is 19.5 Å². The first-order valence-corrected chi connectivity index (χ1v) is 5.91. The summed E-state index contributed by atoms with van der Waals surface area (Å²) in [5.41, 5.74) is 2.38. The number of hydrogen-bond acceptors (Lipinski definition) is 3. The van der Waals surface area contributed by atoms with Crippen LogP contribution in [0.25, 0.3) is 11.3 Å². The number of benzene rings is 1. The van der Waals surface area contributed by atoms with Crippen molar-refractivity contribution in [3.63, 3.8) is 0 Å². The summed E-state index contributed by atoms with van der Waals surface area (Å²) in [4.78, 5) is 2.35. The van der Waals surface area contributed by atoms with E-state index in [-0.39, 0.29) is 0 Å². The maximum Gasteiger partial charge on any atom is 0.135 e. The summed E-state index contributed by atoms with van der Waals surface area (Å²) in [6.45, 7) is 3.48. The summed E-state index contributed by atoms with van der Waals surface area (Å²) in [7, 11) is 0. The molecule has 3 heteroatoms. The molecule has 2 aromatic rings. The zero-order valence-electron chi connectivity index (χ0n) is 9.63. The molecule has 0 amide bonds. The van der Waals surface area contributed by atoms with Crippen LogP contribution in [0.15, 0.2) is 47.1 Å². The number of morpholine rings is 1. The Morgan fingerprint density at radius 3 is 2.53 bits per heavy atom. The van der Waals surface area contributed by atoms with Crippen LogP contribution in [0, 0.1) is 0 Å². The number of anilines is 1. The normalized spacial score (nSPS) is 16.1. The van der Waals surface area contributed by atoms with Crippen molar-refractivity contribution in [2.45, 2.75) is 0 Å². The van der Waals surface area contributed by atoms with E-state index in [4.69, 9.17) is 9.15 Å². The second kappa shape index (κ2) is 4.63. The molecule has 0 atom stereocenters. The van der Waals surface area contributed by atoms with Crippen LogP contribution in [0.1, 0.15) is 0 Å². The fourth-order valence-electron chi connectivity index (χ4n) is 2.19. The van der Waals surface area contributed by atoms with Crippen LogP contribution >= 0.6 is 0 Å². The number of rotatable bonds is 2. The number of nitrogens with zero attached hydrogens (tertiary/aromatic N) is 1. The molecule has 0 aliphatic carbocycles. The Morgan fingerprint density at radius 1 is 0.941 bits per heavy atom. The molecule has 3 rings (SSSR count). The van der Waals surface area contributed by atoms with Crippen molar-refractivity contribution in [3.8, 4) is 11.3 Å². The van der Waals surface area contributed by atoms with Gasteiger partial charge in [-0.05, 0) is 24.3 Å². The Morgan fingerprint density at radius 2 is 1.76 bits per heavy atom. The molecule has 1 aromatic carbocycles. The highest BCUT2D eigenvalue weighted by Gasteiger charge is 2.16. The highest BCUT2D eigenvalue weighted by Crippen LogP contribution is 2.31. The molecule has 3 nitrogen and oxygen atoms in total. The van der Waals surface area contributed by atoms with Crippen molar-refractivity contribution >= 4 is 5.69 Å². The van der Waals surface area contributed by atoms with Gasteiger partial charge in [0.1, 0.15) is 5.76 Å². The smallest absolute Gasteiger partial charge is 0.135 e. The average molecular weight is 229 g/mol. The van der Waals surface area contributed by atoms with Gasteiger partial charge in [0.2, 0.25) is 0 Å². The van der Waals surface area contributed by atoms with E-state index in [2.05, 4.69) is 23.1 Å². The summed E-state index contributed by atoms with van der Waals surface area (Å²) in [5.74, 6) is 0.923. The van der Waals surface area contributed by atoms with Crippen LogP contribution in [-0.4, -0.2) is 26.3 Å². The minimum atomic E-state index is 0.798. The van der Waals surface area contributed by atoms with Crippen LogP contribution in [0.5, 0.6) is 0 Å². The zero-order valence-corrected chi connectivity index (χ0v) is 9.63. The van der Waals surface area contributed by atoms with Crippen molar-refractivity contribution < 1.29 is 9.15 Å². The second-order valence-electron chi connectivity index (χ2n) is 4.09. The van der Waals surface area contributed by atoms with Gasteiger partial charge in [-0.1, -0.05) is 12.1 Å². The highest BCUT2D eigenvalue weighted by molar-refractivity contribution is 5.75. The Hall–Kier alpha value is -1.74. The lowest BCUT2D eigenvalue weighted by Crippen LogP contribution is -2.36. The number of ether oxygens (including phenoxy) is 1. The molecule has 1 aliphatic heterocycles. The molecule has 0 saturated carbocycles. The van der Waals surface area contributed by atoms with Crippen LogP contribution in [0.2, 0.25) is 0 Å². The predicted molar refractivity (Wildman–Crippen MR) is 67.2 cm³/mol. The van der Waals surface area contributed by atoms with Crippen molar-refractivity contribution in [2.75, 3.05) is 31.2 Å². The van der Waals surface area contributed by atoms with Gasteiger partial charge in [-0.25, -0.2) is 0 Å². The highest BCUT2D eigenvalue weighted by atomic mass is 16.5. The molecular weight excluding hydrogens is 214 g/mol. The number of furan rings is 1. The first kappa shape index (κ1) is 10.4. The molecule has 1 fully saturated rings. The molecule has 0 radical (unpaired) electrons. The summed E-state index contributed by atoms with van der Waals surface area (Å²) in [6, 6.07) is 12.3. The summed E-state index contributed by atoms with van der Waals surface area (Å²) in [5, 5.41) is 0. The first-order chi connectivity index (χ1) is 8.45. The molecule has 0 unspecified atom stereocenters. The summed E-state index contributed by atoms with van der Waals surface area (Å²) in [6.07, 6.45) is 1.71. The van der Waals surface area contributed by atoms with E-state index in [1.165, 1.54) is 5.69 Å². The topological polar surface area (TPSA) is 25.6 Å². The van der Waals surface area contributed by atoms with Gasteiger partial charge >= 0.3 is 0 Å². The van der Waals surface area contributed by atoms with Gasteiger partial charge in [-0.3, -0.25) is 0 Å². The molecule has 0 spiro atoms. The minimum absolute atomic E-state index is 0.798. The first-order valence-electron chi connectivity index (χ1n) is 5.91. The van der Waals surface area contributed by atoms with Gasteiger partial charge in [0, 0.05) is 24.3 Å². The van der Waals surface area contributed by atoms with Gasteiger partial charge in [0.25, 0.3) is 0 Å². The monoisotopic (exact) mass is 229 g/mol. The summed E-state index contributed by atoms with van der Waals surface area (Å²) < 4.78 is 10.9. The van der Waals surface area contributed by atoms with Crippen molar-refractivity contribution in [3.05, 3.63) is 42.7 Å². The SMILES string of the molecule is c1coc(-c2ccccc2N2CCOCC2)c1. The van der Waals surface area contributed by atoms with Gasteiger partial charge in [-0.15, -0.1) is 0 Å². The van der Waals surface area contributed by atoms with E-state index in [1.54, 1.807) is 6.26 Å². The molecular formula is C14H15NO2. The minimum Gasteiger partial charge on any atom is -0.464 e. The number of hydrogen-bond donors (Lipinski definition) is 0. The molecule has 1 saturated heterocycles. The lowest BCUT2D eigenvalue weighted by Gasteiger charge is -2.30. The van der Waals surface area contributed by atoms with E-state index >= 15 is 0 Å². The Balaban J connectivity index is 1.98. The molecule has 17 heavy (non-hydrogen) atoms. The van der Waals surface area contributed by atoms with Crippen LogP contribution in [-0.2, 0) is 4.74 Å². The van der Waals surface area contributed by atoms with Crippen molar-refractivity contribution in [1.29, 1.82) is 0 Å². The fraction of sp³-hybridized carbons (Fsp3) is 0.286. The summed E-state index contributed by atoms with van der Waals surface area (Å²) >= 11 is 0. The predicted octanol–water partition coefficient (Wildman–Crippen LogP) is 2.78. The van der Waals surface area contributed by atoms with Crippen LogP contribution in [0.4, 0.5) is 5.69 Å². The third kappa shape index (κ3) is 2.06. The van der Waals surface area contributed by atoms with Gasteiger partial charge in [0.15, 0.2) is 0 Å². The largest absolute Gasteiger partial charge is 0.464 e. The van der Waals surface area contributed by atoms with Crippen molar-refractivity contribution in [1.82, 2.24) is 0 Å². The van der Waals surface area contributed by atoms with Crippen LogP contribution in [0.3, 0.4) is 0 Å². The third-order valence-electron chi connectivity index (χ3n) is 3.04. The quantitative estimate of drug-likeness (QED) is 0.791. The Bertz CT molecular complexity index is 473.